The van der Waals surface area contributed by atoms with Crippen LogP contribution in [0.2, 0.25) is 0 Å². The van der Waals surface area contributed by atoms with Gasteiger partial charge in [0.25, 0.3) is 0 Å². The first-order chi connectivity index (χ1) is 9.31. The molecule has 8 nitrogen and oxygen atoms in total. The molecule has 0 atom stereocenters. The predicted octanol–water partition coefficient (Wildman–Crippen LogP) is -0.959. The maximum Gasteiger partial charge on any atom is 0.334 e. The summed E-state index contributed by atoms with van der Waals surface area (Å²) in [4.78, 5) is 47.8. The SMILES string of the molecule is CCC(CC)(CN)NC(=O)CN1C(=O)C(=O)N(C)C1=O. The van der Waals surface area contributed by atoms with Crippen LogP contribution in [0.5, 0.6) is 0 Å². The highest BCUT2D eigenvalue weighted by Crippen LogP contribution is 2.14. The Hall–Kier alpha value is -1.96. The number of carbonyl (C=O) groups is 4. The summed E-state index contributed by atoms with van der Waals surface area (Å²) in [7, 11) is 1.20. The Morgan fingerprint density at radius 2 is 1.75 bits per heavy atom. The van der Waals surface area contributed by atoms with E-state index >= 15 is 0 Å². The van der Waals surface area contributed by atoms with E-state index in [2.05, 4.69) is 5.32 Å². The summed E-state index contributed by atoms with van der Waals surface area (Å²) in [6.45, 7) is 3.56. The third-order valence-corrected chi connectivity index (χ3v) is 3.70. The highest BCUT2D eigenvalue weighted by molar-refractivity contribution is 6.44. The topological polar surface area (TPSA) is 113 Å². The zero-order chi connectivity index (χ0) is 15.5. The molecule has 20 heavy (non-hydrogen) atoms. The van der Waals surface area contributed by atoms with Crippen LogP contribution in [0.1, 0.15) is 26.7 Å². The Labute approximate surface area is 117 Å². The van der Waals surface area contributed by atoms with Gasteiger partial charge in [0.2, 0.25) is 5.91 Å². The second-order valence-electron chi connectivity index (χ2n) is 4.78. The normalized spacial score (nSPS) is 16.1. The molecule has 0 bridgehead atoms. The second-order valence-corrected chi connectivity index (χ2v) is 4.78. The standard InChI is InChI=1S/C12H20N4O4/c1-4-12(5-2,7-13)14-8(17)6-16-10(19)9(18)15(3)11(16)20/h4-7,13H2,1-3H3,(H,14,17). The average molecular weight is 284 g/mol. The van der Waals surface area contributed by atoms with Crippen molar-refractivity contribution in [1.29, 1.82) is 0 Å². The lowest BCUT2D eigenvalue weighted by atomic mass is 9.93. The van der Waals surface area contributed by atoms with Gasteiger partial charge in [-0.25, -0.2) is 9.69 Å². The van der Waals surface area contributed by atoms with Crippen LogP contribution in [0.4, 0.5) is 4.79 Å². The number of amides is 5. The van der Waals surface area contributed by atoms with E-state index in [4.69, 9.17) is 5.73 Å². The van der Waals surface area contributed by atoms with E-state index in [0.29, 0.717) is 22.6 Å². The number of nitrogens with zero attached hydrogens (tertiary/aromatic N) is 2. The fourth-order valence-electron chi connectivity index (χ4n) is 2.00. The van der Waals surface area contributed by atoms with Gasteiger partial charge in [-0.3, -0.25) is 19.3 Å². The van der Waals surface area contributed by atoms with Gasteiger partial charge < -0.3 is 11.1 Å². The molecule has 1 aliphatic heterocycles. The molecule has 0 unspecified atom stereocenters. The van der Waals surface area contributed by atoms with Crippen molar-refractivity contribution in [2.24, 2.45) is 5.73 Å². The van der Waals surface area contributed by atoms with Gasteiger partial charge in [0.05, 0.1) is 5.54 Å². The van der Waals surface area contributed by atoms with Crippen molar-refractivity contribution in [3.63, 3.8) is 0 Å². The van der Waals surface area contributed by atoms with Gasteiger partial charge in [-0.05, 0) is 12.8 Å². The van der Waals surface area contributed by atoms with Crippen molar-refractivity contribution in [2.75, 3.05) is 20.1 Å². The minimum atomic E-state index is -0.987. The molecule has 8 heteroatoms. The number of rotatable bonds is 6. The maximum atomic E-state index is 12.0. The summed E-state index contributed by atoms with van der Waals surface area (Å²) >= 11 is 0. The van der Waals surface area contributed by atoms with Crippen molar-refractivity contribution >= 4 is 23.8 Å². The molecule has 0 spiro atoms. The molecule has 0 aromatic carbocycles. The molecule has 1 heterocycles. The number of nitrogens with one attached hydrogen (secondary N) is 1. The lowest BCUT2D eigenvalue weighted by Crippen LogP contribution is -2.55. The van der Waals surface area contributed by atoms with Gasteiger partial charge in [0.1, 0.15) is 6.54 Å². The van der Waals surface area contributed by atoms with Crippen LogP contribution in [0.25, 0.3) is 0 Å². The summed E-state index contributed by atoms with van der Waals surface area (Å²) in [5.41, 5.74) is 5.10. The van der Waals surface area contributed by atoms with Crippen LogP contribution < -0.4 is 11.1 Å². The molecule has 0 saturated carbocycles. The number of likely N-dealkylation sites (N-methyl/N-ethyl adjacent to an activating group) is 1. The monoisotopic (exact) mass is 284 g/mol. The summed E-state index contributed by atoms with van der Waals surface area (Å²) < 4.78 is 0. The first kappa shape index (κ1) is 16.1. The molecule has 3 N–H and O–H groups in total. The van der Waals surface area contributed by atoms with Crippen LogP contribution in [0.3, 0.4) is 0 Å². The van der Waals surface area contributed by atoms with E-state index in [1.807, 2.05) is 13.8 Å². The van der Waals surface area contributed by atoms with Crippen molar-refractivity contribution in [3.05, 3.63) is 0 Å². The largest absolute Gasteiger partial charge is 0.348 e. The number of hydrogen-bond donors (Lipinski definition) is 2. The third kappa shape index (κ3) is 2.79. The molecule has 0 aromatic rings. The number of imide groups is 2. The van der Waals surface area contributed by atoms with E-state index < -0.39 is 35.8 Å². The van der Waals surface area contributed by atoms with Crippen LogP contribution in [0, 0.1) is 0 Å². The van der Waals surface area contributed by atoms with Gasteiger partial charge in [-0.2, -0.15) is 0 Å². The van der Waals surface area contributed by atoms with Crippen molar-refractivity contribution < 1.29 is 19.2 Å². The molecule has 1 saturated heterocycles. The lowest BCUT2D eigenvalue weighted by molar-refractivity contribution is -0.143. The molecule has 0 radical (unpaired) electrons. The summed E-state index contributed by atoms with van der Waals surface area (Å²) in [5.74, 6) is -2.43. The Kier molecular flexibility index (Phi) is 4.83. The van der Waals surface area contributed by atoms with Gasteiger partial charge in [0, 0.05) is 13.6 Å². The Morgan fingerprint density at radius 1 is 1.20 bits per heavy atom. The highest BCUT2D eigenvalue weighted by Gasteiger charge is 2.43. The fourth-order valence-corrected chi connectivity index (χ4v) is 2.00. The molecule has 112 valence electrons. The fraction of sp³-hybridized carbons (Fsp3) is 0.667. The Bertz CT molecular complexity index is 436. The number of urea groups is 1. The van der Waals surface area contributed by atoms with Crippen LogP contribution >= 0.6 is 0 Å². The minimum absolute atomic E-state index is 0.256. The first-order valence-electron chi connectivity index (χ1n) is 6.46. The predicted molar refractivity (Wildman–Crippen MR) is 70.4 cm³/mol. The Morgan fingerprint density at radius 3 is 2.10 bits per heavy atom. The van der Waals surface area contributed by atoms with Gasteiger partial charge in [-0.15, -0.1) is 0 Å². The molecular weight excluding hydrogens is 264 g/mol. The van der Waals surface area contributed by atoms with E-state index in [9.17, 15) is 19.2 Å². The summed E-state index contributed by atoms with van der Waals surface area (Å²) in [6.07, 6.45) is 1.26. The number of carbonyl (C=O) groups excluding carboxylic acids is 4. The maximum absolute atomic E-state index is 12.0. The van der Waals surface area contributed by atoms with Gasteiger partial charge in [-0.1, -0.05) is 13.8 Å². The highest BCUT2D eigenvalue weighted by atomic mass is 16.2. The molecule has 1 aliphatic rings. The van der Waals surface area contributed by atoms with Crippen molar-refractivity contribution in [1.82, 2.24) is 15.1 Å². The molecule has 0 aliphatic carbocycles. The molecule has 0 aromatic heterocycles. The lowest BCUT2D eigenvalue weighted by Gasteiger charge is -2.31. The molecular formula is C12H20N4O4. The minimum Gasteiger partial charge on any atom is -0.348 e. The quantitative estimate of drug-likeness (QED) is 0.482. The summed E-state index contributed by atoms with van der Waals surface area (Å²) in [5, 5.41) is 2.74. The molecule has 1 rings (SSSR count). The Balaban J connectivity index is 2.75. The van der Waals surface area contributed by atoms with E-state index in [0.717, 1.165) is 0 Å². The van der Waals surface area contributed by atoms with Gasteiger partial charge >= 0.3 is 17.8 Å². The van der Waals surface area contributed by atoms with Crippen LogP contribution in [-0.2, 0) is 14.4 Å². The van der Waals surface area contributed by atoms with E-state index in [1.165, 1.54) is 7.05 Å². The molecule has 5 amide bonds. The first-order valence-corrected chi connectivity index (χ1v) is 6.46. The van der Waals surface area contributed by atoms with Gasteiger partial charge in [0.15, 0.2) is 0 Å². The van der Waals surface area contributed by atoms with E-state index in [1.54, 1.807) is 0 Å². The zero-order valence-electron chi connectivity index (χ0n) is 11.9. The number of hydrogen-bond acceptors (Lipinski definition) is 5. The smallest absolute Gasteiger partial charge is 0.334 e. The average Bonchev–Trinajstić information content (AvgIpc) is 2.63. The van der Waals surface area contributed by atoms with E-state index in [-0.39, 0.29) is 6.54 Å². The summed E-state index contributed by atoms with van der Waals surface area (Å²) in [6, 6.07) is -0.790. The number of nitrogens with two attached hydrogens (primary N) is 1. The van der Waals surface area contributed by atoms with Crippen molar-refractivity contribution in [2.45, 2.75) is 32.2 Å². The van der Waals surface area contributed by atoms with Crippen LogP contribution in [-0.4, -0.2) is 59.2 Å². The van der Waals surface area contributed by atoms with Crippen LogP contribution in [0.15, 0.2) is 0 Å². The van der Waals surface area contributed by atoms with Crippen molar-refractivity contribution in [3.8, 4) is 0 Å². The second kappa shape index (κ2) is 6.00. The zero-order valence-corrected chi connectivity index (χ0v) is 11.9. The molecule has 1 fully saturated rings. The third-order valence-electron chi connectivity index (χ3n) is 3.70.